The molecule has 2 aromatic rings. The first-order valence-corrected chi connectivity index (χ1v) is 6.88. The lowest BCUT2D eigenvalue weighted by atomic mass is 10.1. The fourth-order valence-electron chi connectivity index (χ4n) is 2.22. The second kappa shape index (κ2) is 4.19. The Morgan fingerprint density at radius 1 is 1.11 bits per heavy atom. The first kappa shape index (κ1) is 11.4. The van der Waals surface area contributed by atoms with Gasteiger partial charge in [-0.25, -0.2) is 0 Å². The van der Waals surface area contributed by atoms with Crippen molar-refractivity contribution in [3.05, 3.63) is 54.6 Å². The minimum Gasteiger partial charge on any atom is -0.606 e. The summed E-state index contributed by atoms with van der Waals surface area (Å²) < 4.78 is 12.6. The summed E-state index contributed by atoms with van der Waals surface area (Å²) in [5.74, 6) is 0. The maximum atomic E-state index is 12.6. The molecule has 1 unspecified atom stereocenters. The van der Waals surface area contributed by atoms with Gasteiger partial charge in [0.1, 0.15) is 0 Å². The van der Waals surface area contributed by atoms with E-state index in [1.807, 2.05) is 49.5 Å². The van der Waals surface area contributed by atoms with Gasteiger partial charge in [-0.05, 0) is 23.8 Å². The zero-order valence-electron chi connectivity index (χ0n) is 10.1. The molecule has 18 heavy (non-hydrogen) atoms. The largest absolute Gasteiger partial charge is 0.606 e. The molecule has 1 aliphatic rings. The first-order chi connectivity index (χ1) is 8.72. The monoisotopic (exact) mass is 255 g/mol. The average molecular weight is 255 g/mol. The van der Waals surface area contributed by atoms with Crippen LogP contribution in [0.1, 0.15) is 5.56 Å². The molecular weight excluding hydrogens is 242 g/mol. The van der Waals surface area contributed by atoms with Crippen LogP contribution in [-0.2, 0) is 11.2 Å². The van der Waals surface area contributed by atoms with Gasteiger partial charge in [0.2, 0.25) is 0 Å². The highest BCUT2D eigenvalue weighted by Gasteiger charge is 2.31. The summed E-state index contributed by atoms with van der Waals surface area (Å²) in [6, 6.07) is 13.8. The normalized spacial score (nSPS) is 17.0. The summed E-state index contributed by atoms with van der Waals surface area (Å²) >= 11 is -1.11. The van der Waals surface area contributed by atoms with Crippen molar-refractivity contribution in [1.82, 2.24) is 0 Å². The Balaban J connectivity index is 2.23. The molecule has 90 valence electrons. The van der Waals surface area contributed by atoms with Crippen molar-refractivity contribution in [2.24, 2.45) is 0 Å². The maximum Gasteiger partial charge on any atom is 0.182 e. The van der Waals surface area contributed by atoms with Crippen LogP contribution in [0.3, 0.4) is 0 Å². The molecule has 1 atom stereocenters. The minimum absolute atomic E-state index is 0.855. The number of para-hydroxylation sites is 1. The molecule has 2 nitrogen and oxygen atoms in total. The summed E-state index contributed by atoms with van der Waals surface area (Å²) in [5, 5.41) is 0. The van der Waals surface area contributed by atoms with Crippen LogP contribution in [0.2, 0.25) is 0 Å². The van der Waals surface area contributed by atoms with Gasteiger partial charge in [0.25, 0.3) is 0 Å². The van der Waals surface area contributed by atoms with Crippen LogP contribution in [0.15, 0.2) is 58.8 Å². The maximum absolute atomic E-state index is 12.6. The van der Waals surface area contributed by atoms with E-state index in [1.54, 1.807) is 6.08 Å². The third-order valence-electron chi connectivity index (χ3n) is 3.21. The van der Waals surface area contributed by atoms with Gasteiger partial charge >= 0.3 is 0 Å². The quantitative estimate of drug-likeness (QED) is 0.728. The third-order valence-corrected chi connectivity index (χ3v) is 4.68. The molecule has 0 saturated carbocycles. The Hall–Kier alpha value is -1.71. The second-order valence-corrected chi connectivity index (χ2v) is 5.64. The van der Waals surface area contributed by atoms with Crippen LogP contribution in [-0.4, -0.2) is 11.6 Å². The van der Waals surface area contributed by atoms with Gasteiger partial charge in [-0.1, -0.05) is 30.9 Å². The molecule has 0 amide bonds. The van der Waals surface area contributed by atoms with Gasteiger partial charge in [0, 0.05) is 24.3 Å². The van der Waals surface area contributed by atoms with Crippen LogP contribution >= 0.6 is 0 Å². The molecule has 0 radical (unpaired) electrons. The summed E-state index contributed by atoms with van der Waals surface area (Å²) in [6.45, 7) is 3.76. The number of rotatable bonds is 1. The van der Waals surface area contributed by atoms with Gasteiger partial charge < -0.3 is 9.45 Å². The molecule has 0 bridgehead atoms. The lowest BCUT2D eigenvalue weighted by Gasteiger charge is -2.29. The Morgan fingerprint density at radius 2 is 1.83 bits per heavy atom. The standard InChI is InChI=1S/C15H13NOS/c1-3-11-8-9-13-15(10-11)18(17)14-7-5-4-6-12(14)16(13)2/h3-10H,1H2,2H3. The van der Waals surface area contributed by atoms with E-state index in [9.17, 15) is 4.55 Å². The molecule has 0 N–H and O–H groups in total. The van der Waals surface area contributed by atoms with E-state index in [1.165, 1.54) is 0 Å². The molecule has 0 spiro atoms. The van der Waals surface area contributed by atoms with Gasteiger partial charge in [0.15, 0.2) is 9.79 Å². The Kier molecular flexibility index (Phi) is 2.65. The van der Waals surface area contributed by atoms with Crippen LogP contribution in [0.5, 0.6) is 0 Å². The van der Waals surface area contributed by atoms with Crippen molar-refractivity contribution in [1.29, 1.82) is 0 Å². The zero-order chi connectivity index (χ0) is 12.7. The fraction of sp³-hybridized carbons (Fsp3) is 0.0667. The van der Waals surface area contributed by atoms with E-state index in [2.05, 4.69) is 11.5 Å². The molecule has 3 rings (SSSR count). The molecule has 2 aromatic carbocycles. The van der Waals surface area contributed by atoms with Crippen molar-refractivity contribution < 1.29 is 4.55 Å². The van der Waals surface area contributed by atoms with E-state index in [-0.39, 0.29) is 0 Å². The summed E-state index contributed by atoms with van der Waals surface area (Å²) in [5.41, 5.74) is 3.00. The van der Waals surface area contributed by atoms with Crippen LogP contribution in [0, 0.1) is 0 Å². The number of hydrogen-bond acceptors (Lipinski definition) is 2. The first-order valence-electron chi connectivity index (χ1n) is 5.73. The van der Waals surface area contributed by atoms with Crippen molar-refractivity contribution in [2.45, 2.75) is 9.79 Å². The minimum atomic E-state index is -1.11. The summed E-state index contributed by atoms with van der Waals surface area (Å²) in [6.07, 6.45) is 1.78. The van der Waals surface area contributed by atoms with Gasteiger partial charge in [0.05, 0.1) is 11.4 Å². The number of benzene rings is 2. The highest BCUT2D eigenvalue weighted by Crippen LogP contribution is 2.43. The average Bonchev–Trinajstić information content (AvgIpc) is 2.44. The van der Waals surface area contributed by atoms with E-state index < -0.39 is 11.2 Å². The van der Waals surface area contributed by atoms with E-state index in [0.29, 0.717) is 0 Å². The van der Waals surface area contributed by atoms with Gasteiger partial charge in [-0.2, -0.15) is 0 Å². The van der Waals surface area contributed by atoms with Crippen molar-refractivity contribution in [2.75, 3.05) is 11.9 Å². The SMILES string of the molecule is C=Cc1ccc2c(c1)[S+]([O-])c1ccccc1N2C. The molecule has 1 aliphatic heterocycles. The van der Waals surface area contributed by atoms with Crippen molar-refractivity contribution >= 4 is 28.6 Å². The second-order valence-electron chi connectivity index (χ2n) is 4.23. The number of hydrogen-bond donors (Lipinski definition) is 0. The smallest absolute Gasteiger partial charge is 0.182 e. The van der Waals surface area contributed by atoms with Crippen molar-refractivity contribution in [3.8, 4) is 0 Å². The lowest BCUT2D eigenvalue weighted by molar-refractivity contribution is 0.593. The van der Waals surface area contributed by atoms with Crippen LogP contribution in [0.25, 0.3) is 6.08 Å². The predicted octanol–water partition coefficient (Wildman–Crippen LogP) is 3.58. The topological polar surface area (TPSA) is 26.3 Å². The highest BCUT2D eigenvalue weighted by atomic mass is 32.2. The summed E-state index contributed by atoms with van der Waals surface area (Å²) in [7, 11) is 2.00. The highest BCUT2D eigenvalue weighted by molar-refractivity contribution is 7.92. The molecule has 0 saturated heterocycles. The molecular formula is C15H13NOS. The third kappa shape index (κ3) is 1.55. The summed E-state index contributed by atoms with van der Waals surface area (Å²) in [4.78, 5) is 3.81. The lowest BCUT2D eigenvalue weighted by Crippen LogP contribution is -2.22. The number of fused-ring (bicyclic) bond motifs is 2. The van der Waals surface area contributed by atoms with Gasteiger partial charge in [-0.15, -0.1) is 0 Å². The fourth-order valence-corrected chi connectivity index (χ4v) is 3.69. The van der Waals surface area contributed by atoms with E-state index in [0.717, 1.165) is 26.7 Å². The van der Waals surface area contributed by atoms with Crippen molar-refractivity contribution in [3.63, 3.8) is 0 Å². The predicted molar refractivity (Wildman–Crippen MR) is 75.7 cm³/mol. The molecule has 0 fully saturated rings. The van der Waals surface area contributed by atoms with Gasteiger partial charge in [-0.3, -0.25) is 0 Å². The van der Waals surface area contributed by atoms with Crippen LogP contribution in [0.4, 0.5) is 11.4 Å². The number of anilines is 2. The molecule has 1 heterocycles. The Morgan fingerprint density at radius 3 is 2.61 bits per heavy atom. The molecule has 0 aromatic heterocycles. The molecule has 3 heteroatoms. The Labute approximate surface area is 110 Å². The van der Waals surface area contributed by atoms with E-state index >= 15 is 0 Å². The molecule has 0 aliphatic carbocycles. The van der Waals surface area contributed by atoms with Crippen LogP contribution < -0.4 is 4.90 Å². The zero-order valence-corrected chi connectivity index (χ0v) is 10.9. The number of nitrogens with zero attached hydrogens (tertiary/aromatic N) is 1. The van der Waals surface area contributed by atoms with E-state index in [4.69, 9.17) is 0 Å². The Bertz CT molecular complexity index is 624.